The second-order valence-corrected chi connectivity index (χ2v) is 5.43. The Hall–Kier alpha value is -3.33. The van der Waals surface area contributed by atoms with Crippen molar-refractivity contribution in [2.45, 2.75) is 19.8 Å². The fraction of sp³-hybridized carbons (Fsp3) is 0.167. The number of hydrogen-bond donors (Lipinski definition) is 1. The summed E-state index contributed by atoms with van der Waals surface area (Å²) in [5, 5.41) is 13.5. The molecule has 2 heterocycles. The van der Waals surface area contributed by atoms with E-state index in [0.29, 0.717) is 22.8 Å². The molecular weight excluding hydrogens is 306 g/mol. The van der Waals surface area contributed by atoms with Crippen molar-refractivity contribution in [3.8, 4) is 17.4 Å². The molecule has 6 heteroatoms. The van der Waals surface area contributed by atoms with Gasteiger partial charge in [-0.1, -0.05) is 35.5 Å². The highest BCUT2D eigenvalue weighted by Crippen LogP contribution is 2.39. The summed E-state index contributed by atoms with van der Waals surface area (Å²) in [7, 11) is 0. The predicted molar refractivity (Wildman–Crippen MR) is 86.0 cm³/mol. The normalized spacial score (nSPS) is 17.5. The number of Topliss-reactive ketones (excluding diaryl/α,β-unsaturated/α-hetero) is 1. The second kappa shape index (κ2) is 6.05. The van der Waals surface area contributed by atoms with E-state index in [1.54, 1.807) is 13.0 Å². The zero-order chi connectivity index (χ0) is 17.3. The van der Waals surface area contributed by atoms with Crippen LogP contribution in [0.25, 0.3) is 11.3 Å². The first-order valence-corrected chi connectivity index (χ1v) is 7.34. The summed E-state index contributed by atoms with van der Waals surface area (Å²) in [6.45, 7) is 3.06. The Morgan fingerprint density at radius 3 is 2.67 bits per heavy atom. The Morgan fingerprint density at radius 1 is 1.33 bits per heavy atom. The molecule has 1 aromatic heterocycles. The first-order chi connectivity index (χ1) is 11.5. The van der Waals surface area contributed by atoms with Crippen LogP contribution in [0.4, 0.5) is 0 Å². The molecule has 2 N–H and O–H groups in total. The number of rotatable bonds is 3. The van der Waals surface area contributed by atoms with Crippen LogP contribution < -0.4 is 5.73 Å². The highest BCUT2D eigenvalue weighted by Gasteiger charge is 2.35. The standard InChI is InChI=1S/C18H15N3O3/c1-10(22)16-11(2)23-18(20)13(9-19)17(16)14-8-15(24-21-14)12-6-4-3-5-7-12/h3-8,17H,20H2,1-2H3. The van der Waals surface area contributed by atoms with Crippen LogP contribution >= 0.6 is 0 Å². The van der Waals surface area contributed by atoms with Gasteiger partial charge in [-0.25, -0.2) is 0 Å². The van der Waals surface area contributed by atoms with Gasteiger partial charge in [-0.3, -0.25) is 4.79 Å². The summed E-state index contributed by atoms with van der Waals surface area (Å²) in [4.78, 5) is 12.1. The molecule has 24 heavy (non-hydrogen) atoms. The van der Waals surface area contributed by atoms with Crippen LogP contribution in [0.1, 0.15) is 25.5 Å². The molecule has 0 aliphatic carbocycles. The Bertz CT molecular complexity index is 901. The van der Waals surface area contributed by atoms with E-state index in [0.717, 1.165) is 5.56 Å². The monoisotopic (exact) mass is 321 g/mol. The summed E-state index contributed by atoms with van der Waals surface area (Å²) >= 11 is 0. The molecule has 0 spiro atoms. The highest BCUT2D eigenvalue weighted by atomic mass is 16.5. The van der Waals surface area contributed by atoms with E-state index in [1.165, 1.54) is 6.92 Å². The van der Waals surface area contributed by atoms with Crippen molar-refractivity contribution in [1.82, 2.24) is 5.16 Å². The van der Waals surface area contributed by atoms with E-state index >= 15 is 0 Å². The molecule has 0 amide bonds. The Morgan fingerprint density at radius 2 is 2.04 bits per heavy atom. The van der Waals surface area contributed by atoms with Crippen molar-refractivity contribution >= 4 is 5.78 Å². The van der Waals surface area contributed by atoms with Crippen molar-refractivity contribution in [3.63, 3.8) is 0 Å². The molecule has 3 rings (SSSR count). The summed E-state index contributed by atoms with van der Waals surface area (Å²) < 4.78 is 10.7. The van der Waals surface area contributed by atoms with Gasteiger partial charge in [0.1, 0.15) is 17.4 Å². The minimum atomic E-state index is -0.692. The van der Waals surface area contributed by atoms with Gasteiger partial charge in [0.2, 0.25) is 5.88 Å². The predicted octanol–water partition coefficient (Wildman–Crippen LogP) is 3.01. The van der Waals surface area contributed by atoms with E-state index in [9.17, 15) is 10.1 Å². The van der Waals surface area contributed by atoms with Gasteiger partial charge in [0, 0.05) is 17.2 Å². The van der Waals surface area contributed by atoms with Gasteiger partial charge in [0.15, 0.2) is 11.5 Å². The quantitative estimate of drug-likeness (QED) is 0.932. The van der Waals surface area contributed by atoms with Gasteiger partial charge in [-0.05, 0) is 13.8 Å². The fourth-order valence-electron chi connectivity index (χ4n) is 2.79. The molecule has 1 aromatic carbocycles. The Balaban J connectivity index is 2.11. The minimum Gasteiger partial charge on any atom is -0.445 e. The maximum atomic E-state index is 12.1. The lowest BCUT2D eigenvalue weighted by atomic mass is 9.84. The number of benzene rings is 1. The van der Waals surface area contributed by atoms with Gasteiger partial charge < -0.3 is 15.0 Å². The van der Waals surface area contributed by atoms with Crippen LogP contribution in [-0.4, -0.2) is 10.9 Å². The molecule has 1 aliphatic heterocycles. The number of hydrogen-bond acceptors (Lipinski definition) is 6. The van der Waals surface area contributed by atoms with E-state index in [1.807, 2.05) is 36.4 Å². The molecule has 120 valence electrons. The number of allylic oxidation sites excluding steroid dienone is 3. The summed E-state index contributed by atoms with van der Waals surface area (Å²) in [6, 6.07) is 13.2. The zero-order valence-electron chi connectivity index (χ0n) is 13.2. The maximum Gasteiger partial charge on any atom is 0.205 e. The van der Waals surface area contributed by atoms with Crippen molar-refractivity contribution in [2.24, 2.45) is 5.73 Å². The number of carbonyl (C=O) groups is 1. The molecule has 1 aliphatic rings. The molecule has 6 nitrogen and oxygen atoms in total. The number of carbonyl (C=O) groups excluding carboxylic acids is 1. The first kappa shape index (κ1) is 15.6. The molecule has 1 atom stereocenters. The SMILES string of the molecule is CC(=O)C1=C(C)OC(N)=C(C#N)C1c1cc(-c2ccccc2)on1. The van der Waals surface area contributed by atoms with E-state index in [-0.39, 0.29) is 17.2 Å². The van der Waals surface area contributed by atoms with Crippen LogP contribution in [0.15, 0.2) is 63.7 Å². The number of aromatic nitrogens is 1. The molecule has 0 bridgehead atoms. The van der Waals surface area contributed by atoms with Crippen molar-refractivity contribution in [2.75, 3.05) is 0 Å². The molecule has 0 saturated heterocycles. The maximum absolute atomic E-state index is 12.1. The van der Waals surface area contributed by atoms with Crippen LogP contribution in [0.2, 0.25) is 0 Å². The zero-order valence-corrected chi connectivity index (χ0v) is 13.2. The molecule has 2 aromatic rings. The molecular formula is C18H15N3O3. The summed E-state index contributed by atoms with van der Waals surface area (Å²) in [5.74, 6) is 0.000466. The van der Waals surface area contributed by atoms with Gasteiger partial charge in [0.05, 0.1) is 11.6 Å². The molecule has 0 saturated carbocycles. The van der Waals surface area contributed by atoms with Crippen LogP contribution in [-0.2, 0) is 9.53 Å². The Kier molecular flexibility index (Phi) is 3.92. The van der Waals surface area contributed by atoms with Gasteiger partial charge in [0.25, 0.3) is 0 Å². The first-order valence-electron chi connectivity index (χ1n) is 7.34. The van der Waals surface area contributed by atoms with E-state index in [4.69, 9.17) is 15.0 Å². The van der Waals surface area contributed by atoms with E-state index in [2.05, 4.69) is 5.16 Å². The van der Waals surface area contributed by atoms with Gasteiger partial charge in [-0.2, -0.15) is 5.26 Å². The lowest BCUT2D eigenvalue weighted by Crippen LogP contribution is -2.23. The molecule has 0 fully saturated rings. The van der Waals surface area contributed by atoms with Crippen molar-refractivity contribution in [1.29, 1.82) is 5.26 Å². The van der Waals surface area contributed by atoms with Crippen LogP contribution in [0, 0.1) is 11.3 Å². The third kappa shape index (κ3) is 2.57. The number of ketones is 1. The van der Waals surface area contributed by atoms with E-state index < -0.39 is 5.92 Å². The lowest BCUT2D eigenvalue weighted by Gasteiger charge is -2.24. The third-order valence-electron chi connectivity index (χ3n) is 3.87. The number of nitrogens with two attached hydrogens (primary N) is 1. The third-order valence-corrected chi connectivity index (χ3v) is 3.87. The smallest absolute Gasteiger partial charge is 0.205 e. The Labute approximate surface area is 138 Å². The van der Waals surface area contributed by atoms with Gasteiger partial charge >= 0.3 is 0 Å². The number of nitrogens with zero attached hydrogens (tertiary/aromatic N) is 2. The minimum absolute atomic E-state index is 0.0192. The average Bonchev–Trinajstić information content (AvgIpc) is 3.04. The topological polar surface area (TPSA) is 102 Å². The fourth-order valence-corrected chi connectivity index (χ4v) is 2.79. The summed E-state index contributed by atoms with van der Waals surface area (Å²) in [6.07, 6.45) is 0. The van der Waals surface area contributed by atoms with Crippen LogP contribution in [0.5, 0.6) is 0 Å². The number of ether oxygens (including phenoxy) is 1. The van der Waals surface area contributed by atoms with Crippen LogP contribution in [0.3, 0.4) is 0 Å². The average molecular weight is 321 g/mol. The van der Waals surface area contributed by atoms with Gasteiger partial charge in [-0.15, -0.1) is 0 Å². The molecule has 0 radical (unpaired) electrons. The largest absolute Gasteiger partial charge is 0.445 e. The highest BCUT2D eigenvalue weighted by molar-refractivity contribution is 5.96. The van der Waals surface area contributed by atoms with Crippen molar-refractivity contribution in [3.05, 3.63) is 64.9 Å². The summed E-state index contributed by atoms with van der Waals surface area (Å²) in [5.41, 5.74) is 7.62. The molecule has 1 unspecified atom stereocenters. The lowest BCUT2D eigenvalue weighted by molar-refractivity contribution is -0.114. The van der Waals surface area contributed by atoms with Crippen molar-refractivity contribution < 1.29 is 14.1 Å². The number of nitriles is 1. The second-order valence-electron chi connectivity index (χ2n) is 5.43.